The van der Waals surface area contributed by atoms with Gasteiger partial charge < -0.3 is 9.64 Å². The van der Waals surface area contributed by atoms with Gasteiger partial charge in [-0.1, -0.05) is 36.4 Å². The molecule has 146 valence electrons. The molecule has 1 saturated heterocycles. The molecule has 1 aliphatic heterocycles. The Bertz CT molecular complexity index is 1080. The number of ether oxygens (including phenoxy) is 1. The second-order valence-corrected chi connectivity index (χ2v) is 8.90. The second-order valence-electron chi connectivity index (χ2n) is 6.99. The van der Waals surface area contributed by atoms with Crippen LogP contribution in [-0.4, -0.2) is 56.2 Å². The molecule has 0 spiro atoms. The maximum atomic E-state index is 13.2. The molecular weight excluding hydrogens is 376 g/mol. The summed E-state index contributed by atoms with van der Waals surface area (Å²) >= 11 is 0. The first-order valence-electron chi connectivity index (χ1n) is 9.11. The number of sulfonamides is 1. The van der Waals surface area contributed by atoms with E-state index in [0.717, 1.165) is 16.6 Å². The number of aromatic nitrogens is 2. The van der Waals surface area contributed by atoms with Gasteiger partial charge in [0.25, 0.3) is 0 Å². The quantitative estimate of drug-likeness (QED) is 0.657. The normalized spacial score (nSPS) is 17.7. The SMILES string of the molecule is CN(C)c1ccc(OC2CCN(S(=O)(=O)c3cccc4ccccc34)C2)nn1. The van der Waals surface area contributed by atoms with Gasteiger partial charge in [0.1, 0.15) is 6.10 Å². The number of rotatable bonds is 5. The first-order chi connectivity index (χ1) is 13.4. The van der Waals surface area contributed by atoms with E-state index >= 15 is 0 Å². The van der Waals surface area contributed by atoms with Crippen molar-refractivity contribution in [2.75, 3.05) is 32.1 Å². The highest BCUT2D eigenvalue weighted by molar-refractivity contribution is 7.89. The van der Waals surface area contributed by atoms with Crippen LogP contribution >= 0.6 is 0 Å². The summed E-state index contributed by atoms with van der Waals surface area (Å²) in [5.41, 5.74) is 0. The molecule has 3 aromatic rings. The van der Waals surface area contributed by atoms with E-state index in [9.17, 15) is 8.42 Å². The summed E-state index contributed by atoms with van der Waals surface area (Å²) in [6, 6.07) is 16.5. The van der Waals surface area contributed by atoms with Gasteiger partial charge in [0.15, 0.2) is 5.82 Å². The lowest BCUT2D eigenvalue weighted by molar-refractivity contribution is 0.205. The van der Waals surface area contributed by atoms with Crippen molar-refractivity contribution in [3.05, 3.63) is 54.6 Å². The van der Waals surface area contributed by atoms with Gasteiger partial charge in [0, 0.05) is 32.1 Å². The van der Waals surface area contributed by atoms with E-state index < -0.39 is 10.0 Å². The Hall–Kier alpha value is -2.71. The fourth-order valence-electron chi connectivity index (χ4n) is 3.36. The van der Waals surface area contributed by atoms with Gasteiger partial charge in [0.2, 0.25) is 15.9 Å². The molecule has 1 fully saturated rings. The number of benzene rings is 2. The van der Waals surface area contributed by atoms with E-state index in [-0.39, 0.29) is 6.10 Å². The van der Waals surface area contributed by atoms with E-state index in [2.05, 4.69) is 10.2 Å². The van der Waals surface area contributed by atoms with Crippen LogP contribution in [0.25, 0.3) is 10.8 Å². The molecule has 1 atom stereocenters. The fraction of sp³-hybridized carbons (Fsp3) is 0.300. The highest BCUT2D eigenvalue weighted by atomic mass is 32.2. The van der Waals surface area contributed by atoms with Crippen molar-refractivity contribution < 1.29 is 13.2 Å². The van der Waals surface area contributed by atoms with Gasteiger partial charge in [0.05, 0.1) is 11.4 Å². The van der Waals surface area contributed by atoms with Crippen molar-refractivity contribution in [1.29, 1.82) is 0 Å². The number of fused-ring (bicyclic) bond motifs is 1. The van der Waals surface area contributed by atoms with Crippen molar-refractivity contribution in [1.82, 2.24) is 14.5 Å². The third kappa shape index (κ3) is 3.53. The van der Waals surface area contributed by atoms with E-state index in [1.54, 1.807) is 18.2 Å². The van der Waals surface area contributed by atoms with Crippen LogP contribution in [0.3, 0.4) is 0 Å². The maximum Gasteiger partial charge on any atom is 0.243 e. The van der Waals surface area contributed by atoms with Crippen molar-refractivity contribution >= 4 is 26.6 Å². The van der Waals surface area contributed by atoms with E-state index in [1.807, 2.05) is 55.4 Å². The van der Waals surface area contributed by atoms with Crippen molar-refractivity contribution in [2.45, 2.75) is 17.4 Å². The van der Waals surface area contributed by atoms with Crippen LogP contribution in [0.4, 0.5) is 5.82 Å². The minimum Gasteiger partial charge on any atom is -0.472 e. The molecule has 4 rings (SSSR count). The molecule has 0 aliphatic carbocycles. The molecule has 1 aromatic heterocycles. The Labute approximate surface area is 164 Å². The van der Waals surface area contributed by atoms with Gasteiger partial charge in [-0.2, -0.15) is 4.31 Å². The third-order valence-electron chi connectivity index (χ3n) is 4.85. The first-order valence-corrected chi connectivity index (χ1v) is 10.5. The molecule has 7 nitrogen and oxygen atoms in total. The molecule has 28 heavy (non-hydrogen) atoms. The molecular formula is C20H22N4O3S. The van der Waals surface area contributed by atoms with Crippen molar-refractivity contribution in [3.8, 4) is 5.88 Å². The minimum absolute atomic E-state index is 0.246. The highest BCUT2D eigenvalue weighted by Crippen LogP contribution is 2.28. The van der Waals surface area contributed by atoms with Gasteiger partial charge >= 0.3 is 0 Å². The standard InChI is InChI=1S/C20H22N4O3S/c1-23(2)19-10-11-20(22-21-19)27-16-12-13-24(14-16)28(25,26)18-9-5-7-15-6-3-4-8-17(15)18/h3-11,16H,12-14H2,1-2H3. The van der Waals surface area contributed by atoms with Crippen LogP contribution in [0, 0.1) is 0 Å². The molecule has 2 heterocycles. The van der Waals surface area contributed by atoms with Crippen LogP contribution in [0.5, 0.6) is 5.88 Å². The molecule has 0 N–H and O–H groups in total. The zero-order chi connectivity index (χ0) is 19.7. The Morgan fingerprint density at radius 3 is 2.57 bits per heavy atom. The van der Waals surface area contributed by atoms with Gasteiger partial charge in [-0.05, 0) is 23.9 Å². The zero-order valence-electron chi connectivity index (χ0n) is 15.8. The molecule has 1 unspecified atom stereocenters. The summed E-state index contributed by atoms with van der Waals surface area (Å²) in [4.78, 5) is 2.19. The highest BCUT2D eigenvalue weighted by Gasteiger charge is 2.34. The monoisotopic (exact) mass is 398 g/mol. The lowest BCUT2D eigenvalue weighted by Gasteiger charge is -2.18. The van der Waals surface area contributed by atoms with Gasteiger partial charge in [-0.25, -0.2) is 8.42 Å². The maximum absolute atomic E-state index is 13.2. The second kappa shape index (κ2) is 7.37. The predicted molar refractivity (Wildman–Crippen MR) is 108 cm³/mol. The van der Waals surface area contributed by atoms with Crippen LogP contribution < -0.4 is 9.64 Å². The summed E-state index contributed by atoms with van der Waals surface area (Å²) in [6.45, 7) is 0.710. The topological polar surface area (TPSA) is 75.6 Å². The predicted octanol–water partition coefficient (Wildman–Crippen LogP) is 2.54. The molecule has 8 heteroatoms. The zero-order valence-corrected chi connectivity index (χ0v) is 16.6. The van der Waals surface area contributed by atoms with Gasteiger partial charge in [-0.3, -0.25) is 0 Å². The lowest BCUT2D eigenvalue weighted by atomic mass is 10.1. The summed E-state index contributed by atoms with van der Waals surface area (Å²) in [6.07, 6.45) is 0.366. The first kappa shape index (κ1) is 18.6. The Morgan fingerprint density at radius 2 is 1.82 bits per heavy atom. The molecule has 1 aliphatic rings. The molecule has 0 saturated carbocycles. The minimum atomic E-state index is -3.60. The lowest BCUT2D eigenvalue weighted by Crippen LogP contribution is -2.31. The van der Waals surface area contributed by atoms with Crippen molar-refractivity contribution in [3.63, 3.8) is 0 Å². The Morgan fingerprint density at radius 1 is 1.04 bits per heavy atom. The van der Waals surface area contributed by atoms with Crippen molar-refractivity contribution in [2.24, 2.45) is 0 Å². The Balaban J connectivity index is 1.51. The number of hydrogen-bond donors (Lipinski definition) is 0. The number of nitrogens with zero attached hydrogens (tertiary/aromatic N) is 4. The average molecular weight is 398 g/mol. The van der Waals surface area contributed by atoms with Crippen LogP contribution in [0.15, 0.2) is 59.5 Å². The molecule has 0 radical (unpaired) electrons. The average Bonchev–Trinajstić information content (AvgIpc) is 3.17. The summed E-state index contributed by atoms with van der Waals surface area (Å²) in [7, 11) is 0.175. The number of anilines is 1. The molecule has 0 bridgehead atoms. The summed E-state index contributed by atoms with van der Waals surface area (Å²) < 4.78 is 33.8. The third-order valence-corrected chi connectivity index (χ3v) is 6.77. The fourth-order valence-corrected chi connectivity index (χ4v) is 5.06. The molecule has 2 aromatic carbocycles. The molecule has 0 amide bonds. The van der Waals surface area contributed by atoms with Crippen LogP contribution in [-0.2, 0) is 10.0 Å². The number of hydrogen-bond acceptors (Lipinski definition) is 6. The summed E-state index contributed by atoms with van der Waals surface area (Å²) in [5, 5.41) is 9.80. The summed E-state index contributed by atoms with van der Waals surface area (Å²) in [5.74, 6) is 1.14. The Kier molecular flexibility index (Phi) is 4.91. The van der Waals surface area contributed by atoms with Crippen LogP contribution in [0.2, 0.25) is 0 Å². The van der Waals surface area contributed by atoms with E-state index in [4.69, 9.17) is 4.74 Å². The van der Waals surface area contributed by atoms with E-state index in [1.165, 1.54) is 4.31 Å². The van der Waals surface area contributed by atoms with Gasteiger partial charge in [-0.15, -0.1) is 10.2 Å². The smallest absolute Gasteiger partial charge is 0.243 e. The largest absolute Gasteiger partial charge is 0.472 e. The van der Waals surface area contributed by atoms with Crippen LogP contribution in [0.1, 0.15) is 6.42 Å². The van der Waals surface area contributed by atoms with E-state index in [0.29, 0.717) is 30.3 Å².